The Kier molecular flexibility index (Phi) is 10.7. The van der Waals surface area contributed by atoms with E-state index in [4.69, 9.17) is 27.8 Å². The smallest absolute Gasteiger partial charge is 0.266 e. The Balaban J connectivity index is 1.56. The lowest BCUT2D eigenvalue weighted by Crippen LogP contribution is -2.28. The van der Waals surface area contributed by atoms with Crippen LogP contribution in [0.15, 0.2) is 84.9 Å². The first kappa shape index (κ1) is 34.1. The summed E-state index contributed by atoms with van der Waals surface area (Å²) in [5.41, 5.74) is 4.55. The third-order valence-electron chi connectivity index (χ3n) is 7.26. The van der Waals surface area contributed by atoms with Crippen molar-refractivity contribution in [1.82, 2.24) is 5.32 Å². The monoisotopic (exact) mass is 670 g/mol. The highest BCUT2D eigenvalue weighted by molar-refractivity contribution is 7.85. The highest BCUT2D eigenvalue weighted by Crippen LogP contribution is 2.33. The average Bonchev–Trinajstić information content (AvgIpc) is 2.96. The van der Waals surface area contributed by atoms with Crippen LogP contribution in [0.2, 0.25) is 10.0 Å². The predicted octanol–water partition coefficient (Wildman–Crippen LogP) is 7.68. The highest BCUT2D eigenvalue weighted by Gasteiger charge is 2.23. The predicted molar refractivity (Wildman–Crippen MR) is 177 cm³/mol. The van der Waals surface area contributed by atoms with Crippen LogP contribution in [0.25, 0.3) is 11.1 Å². The van der Waals surface area contributed by atoms with E-state index in [1.54, 1.807) is 48.5 Å². The molecule has 236 valence electrons. The first-order valence-electron chi connectivity index (χ1n) is 14.1. The molecule has 0 radical (unpaired) electrons. The Morgan fingerprint density at radius 2 is 1.56 bits per heavy atom. The zero-order valence-corrected chi connectivity index (χ0v) is 27.2. The summed E-state index contributed by atoms with van der Waals surface area (Å²) in [6.45, 7) is 6.10. The van der Waals surface area contributed by atoms with E-state index in [1.807, 2.05) is 24.3 Å². The van der Waals surface area contributed by atoms with Gasteiger partial charge in [0.15, 0.2) is 0 Å². The standard InChI is InChI=1S/C34H33Cl2FN2O5S/c1-34(2,3)25-11-8-22(9-12-25)28(18-21-4-6-23(7-5-21)32(40)38-16-17-45(42,43)44)33(41)39-26-13-14-27(30(36)20-26)24-10-15-29(35)31(37)19-24/h4-15,19-20,28H,16-18H2,1-3H3,(H,38,40)(H,39,41)(H,42,43,44). The molecule has 45 heavy (non-hydrogen) atoms. The summed E-state index contributed by atoms with van der Waals surface area (Å²) in [6.07, 6.45) is 0.321. The van der Waals surface area contributed by atoms with Gasteiger partial charge < -0.3 is 10.6 Å². The molecular weight excluding hydrogens is 638 g/mol. The van der Waals surface area contributed by atoms with Crippen molar-refractivity contribution >= 4 is 50.8 Å². The van der Waals surface area contributed by atoms with E-state index in [0.29, 0.717) is 33.8 Å². The molecule has 0 aromatic heterocycles. The minimum atomic E-state index is -4.19. The van der Waals surface area contributed by atoms with Crippen molar-refractivity contribution in [3.05, 3.63) is 123 Å². The number of nitrogens with one attached hydrogen (secondary N) is 2. The molecule has 7 nitrogen and oxygen atoms in total. The first-order valence-corrected chi connectivity index (χ1v) is 16.5. The maximum Gasteiger partial charge on any atom is 0.266 e. The van der Waals surface area contributed by atoms with Crippen molar-refractivity contribution in [2.75, 3.05) is 17.6 Å². The van der Waals surface area contributed by atoms with Gasteiger partial charge in [0.05, 0.1) is 21.7 Å². The largest absolute Gasteiger partial charge is 0.351 e. The zero-order valence-electron chi connectivity index (χ0n) is 24.9. The second-order valence-corrected chi connectivity index (χ2v) is 14.1. The fraction of sp³-hybridized carbons (Fsp3) is 0.235. The first-order chi connectivity index (χ1) is 21.1. The summed E-state index contributed by atoms with van der Waals surface area (Å²) in [5.74, 6) is -2.51. The van der Waals surface area contributed by atoms with Gasteiger partial charge in [-0.1, -0.05) is 92.5 Å². The SMILES string of the molecule is CC(C)(C)c1ccc(C(Cc2ccc(C(=O)NCCS(=O)(=O)O)cc2)C(=O)Nc2ccc(-c3ccc(Cl)c(F)c3)c(Cl)c2)cc1. The van der Waals surface area contributed by atoms with E-state index in [1.165, 1.54) is 12.1 Å². The second-order valence-electron chi connectivity index (χ2n) is 11.7. The van der Waals surface area contributed by atoms with Crippen LogP contribution < -0.4 is 10.6 Å². The molecule has 4 aromatic carbocycles. The fourth-order valence-electron chi connectivity index (χ4n) is 4.72. The highest BCUT2D eigenvalue weighted by atomic mass is 35.5. The normalized spacial score (nSPS) is 12.4. The lowest BCUT2D eigenvalue weighted by atomic mass is 9.84. The molecule has 0 saturated carbocycles. The molecule has 4 aromatic rings. The Bertz CT molecular complexity index is 1810. The van der Waals surface area contributed by atoms with Crippen molar-refractivity contribution in [2.24, 2.45) is 0 Å². The van der Waals surface area contributed by atoms with Crippen LogP contribution >= 0.6 is 23.2 Å². The van der Waals surface area contributed by atoms with E-state index in [2.05, 4.69) is 31.4 Å². The van der Waals surface area contributed by atoms with Gasteiger partial charge in [0, 0.05) is 23.4 Å². The van der Waals surface area contributed by atoms with Crippen LogP contribution in [0.4, 0.5) is 10.1 Å². The summed E-state index contributed by atoms with van der Waals surface area (Å²) in [4.78, 5) is 26.2. The second kappa shape index (κ2) is 14.1. The number of halogens is 3. The zero-order chi connectivity index (χ0) is 32.9. The van der Waals surface area contributed by atoms with Crippen LogP contribution in [-0.4, -0.2) is 37.1 Å². The molecule has 1 atom stereocenters. The van der Waals surface area contributed by atoms with E-state index >= 15 is 0 Å². The van der Waals surface area contributed by atoms with E-state index < -0.39 is 33.5 Å². The van der Waals surface area contributed by atoms with Crippen LogP contribution in [0.5, 0.6) is 0 Å². The van der Waals surface area contributed by atoms with Gasteiger partial charge in [0.2, 0.25) is 5.91 Å². The van der Waals surface area contributed by atoms with E-state index in [-0.39, 0.29) is 22.9 Å². The molecule has 11 heteroatoms. The molecule has 0 aliphatic heterocycles. The number of hydrogen-bond acceptors (Lipinski definition) is 4. The topological polar surface area (TPSA) is 113 Å². The van der Waals surface area contributed by atoms with Crippen molar-refractivity contribution in [2.45, 2.75) is 38.5 Å². The molecule has 1 unspecified atom stereocenters. The summed E-state index contributed by atoms with van der Waals surface area (Å²) in [6, 6.07) is 24.0. The minimum absolute atomic E-state index is 0.00825. The number of benzene rings is 4. The Hall–Kier alpha value is -3.76. The number of rotatable bonds is 10. The van der Waals surface area contributed by atoms with Gasteiger partial charge in [-0.3, -0.25) is 14.1 Å². The van der Waals surface area contributed by atoms with Gasteiger partial charge in [-0.15, -0.1) is 0 Å². The third kappa shape index (κ3) is 9.37. The van der Waals surface area contributed by atoms with Crippen LogP contribution in [0.1, 0.15) is 53.7 Å². The summed E-state index contributed by atoms with van der Waals surface area (Å²) in [7, 11) is -4.19. The fourth-order valence-corrected chi connectivity index (χ4v) is 5.49. The van der Waals surface area contributed by atoms with Crippen molar-refractivity contribution in [3.63, 3.8) is 0 Å². The molecular formula is C34H33Cl2FN2O5S. The van der Waals surface area contributed by atoms with Crippen molar-refractivity contribution in [1.29, 1.82) is 0 Å². The van der Waals surface area contributed by atoms with Gasteiger partial charge in [-0.2, -0.15) is 8.42 Å². The molecule has 0 bridgehead atoms. The molecule has 2 amide bonds. The van der Waals surface area contributed by atoms with Crippen LogP contribution in [-0.2, 0) is 26.7 Å². The van der Waals surface area contributed by atoms with E-state index in [9.17, 15) is 22.4 Å². The molecule has 3 N–H and O–H groups in total. The number of amides is 2. The maximum atomic E-state index is 14.0. The lowest BCUT2D eigenvalue weighted by Gasteiger charge is -2.22. The molecule has 0 heterocycles. The molecule has 0 saturated heterocycles. The number of carbonyl (C=O) groups is 2. The van der Waals surface area contributed by atoms with E-state index in [0.717, 1.165) is 16.7 Å². The third-order valence-corrected chi connectivity index (χ3v) is 8.60. The summed E-state index contributed by atoms with van der Waals surface area (Å²) >= 11 is 12.4. The van der Waals surface area contributed by atoms with Gasteiger partial charge in [0.1, 0.15) is 5.82 Å². The summed E-state index contributed by atoms with van der Waals surface area (Å²) < 4.78 is 44.7. The van der Waals surface area contributed by atoms with Gasteiger partial charge in [0.25, 0.3) is 16.0 Å². The van der Waals surface area contributed by atoms with Crippen LogP contribution in [0, 0.1) is 5.82 Å². The van der Waals surface area contributed by atoms with Gasteiger partial charge in [-0.05, 0) is 70.5 Å². The summed E-state index contributed by atoms with van der Waals surface area (Å²) in [5, 5.41) is 5.74. The number of hydrogen-bond donors (Lipinski definition) is 3. The number of carbonyl (C=O) groups excluding carboxylic acids is 2. The van der Waals surface area contributed by atoms with Gasteiger partial charge in [-0.25, -0.2) is 4.39 Å². The molecule has 0 aliphatic rings. The lowest BCUT2D eigenvalue weighted by molar-refractivity contribution is -0.117. The average molecular weight is 672 g/mol. The molecule has 0 aliphatic carbocycles. The van der Waals surface area contributed by atoms with Crippen LogP contribution in [0.3, 0.4) is 0 Å². The molecule has 4 rings (SSSR count). The minimum Gasteiger partial charge on any atom is -0.351 e. The maximum absolute atomic E-state index is 14.0. The Morgan fingerprint density at radius 1 is 0.889 bits per heavy atom. The van der Waals surface area contributed by atoms with Crippen molar-refractivity contribution in [3.8, 4) is 11.1 Å². The van der Waals surface area contributed by atoms with Crippen molar-refractivity contribution < 1.29 is 27.0 Å². The Morgan fingerprint density at radius 3 is 2.13 bits per heavy atom. The quantitative estimate of drug-likeness (QED) is 0.150. The molecule has 0 spiro atoms. The Labute approximate surface area is 272 Å². The van der Waals surface area contributed by atoms with Gasteiger partial charge >= 0.3 is 0 Å². The number of anilines is 1. The molecule has 0 fully saturated rings.